The molecule has 0 spiro atoms. The number of carbonyl (C=O) groups is 1. The molecule has 0 saturated carbocycles. The van der Waals surface area contributed by atoms with Gasteiger partial charge in [-0.1, -0.05) is 6.92 Å². The van der Waals surface area contributed by atoms with E-state index in [1.807, 2.05) is 13.0 Å². The van der Waals surface area contributed by atoms with Gasteiger partial charge in [-0.2, -0.15) is 0 Å². The Bertz CT molecular complexity index is 395. The standard InChI is InChI=1S/C13H23N5O/c1-5-7-10-16-11(14-6-2)8-12(17-10)15-9-13(19)18(3)4/h8H,5-7,9H2,1-4H3,(H2,14,15,16,17). The molecule has 0 bridgehead atoms. The normalized spacial score (nSPS) is 10.1. The Kier molecular flexibility index (Phi) is 6.05. The quantitative estimate of drug-likeness (QED) is 0.779. The highest BCUT2D eigenvalue weighted by Gasteiger charge is 2.07. The van der Waals surface area contributed by atoms with E-state index < -0.39 is 0 Å². The lowest BCUT2D eigenvalue weighted by molar-refractivity contribution is -0.126. The lowest BCUT2D eigenvalue weighted by Crippen LogP contribution is -2.29. The van der Waals surface area contributed by atoms with Crippen molar-refractivity contribution in [1.82, 2.24) is 14.9 Å². The summed E-state index contributed by atoms with van der Waals surface area (Å²) in [6, 6.07) is 1.82. The summed E-state index contributed by atoms with van der Waals surface area (Å²) in [4.78, 5) is 21.9. The van der Waals surface area contributed by atoms with Crippen molar-refractivity contribution in [2.24, 2.45) is 0 Å². The topological polar surface area (TPSA) is 70.2 Å². The molecule has 1 heterocycles. The van der Waals surface area contributed by atoms with Gasteiger partial charge in [-0.25, -0.2) is 9.97 Å². The third-order valence-corrected chi connectivity index (χ3v) is 2.52. The van der Waals surface area contributed by atoms with Crippen LogP contribution in [0, 0.1) is 0 Å². The fourth-order valence-corrected chi connectivity index (χ4v) is 1.52. The zero-order valence-electron chi connectivity index (χ0n) is 12.2. The zero-order chi connectivity index (χ0) is 14.3. The molecular weight excluding hydrogens is 242 g/mol. The van der Waals surface area contributed by atoms with Crippen LogP contribution in [0.25, 0.3) is 0 Å². The van der Waals surface area contributed by atoms with Gasteiger partial charge < -0.3 is 15.5 Å². The van der Waals surface area contributed by atoms with E-state index in [0.29, 0.717) is 5.82 Å². The molecule has 19 heavy (non-hydrogen) atoms. The maximum absolute atomic E-state index is 11.5. The number of amides is 1. The smallest absolute Gasteiger partial charge is 0.241 e. The predicted octanol–water partition coefficient (Wildman–Crippen LogP) is 1.36. The lowest BCUT2D eigenvalue weighted by atomic mass is 10.3. The molecule has 0 fully saturated rings. The Morgan fingerprint density at radius 2 is 1.84 bits per heavy atom. The molecule has 6 heteroatoms. The number of nitrogens with zero attached hydrogens (tertiary/aromatic N) is 3. The van der Waals surface area contributed by atoms with E-state index in [0.717, 1.165) is 31.0 Å². The van der Waals surface area contributed by atoms with Gasteiger partial charge in [0, 0.05) is 33.1 Å². The molecule has 0 aromatic carbocycles. The van der Waals surface area contributed by atoms with Crippen LogP contribution in [0.4, 0.5) is 11.6 Å². The first-order chi connectivity index (χ1) is 9.06. The molecule has 1 amide bonds. The number of hydrogen-bond acceptors (Lipinski definition) is 5. The summed E-state index contributed by atoms with van der Waals surface area (Å²) in [5.41, 5.74) is 0. The molecule has 0 saturated heterocycles. The van der Waals surface area contributed by atoms with Gasteiger partial charge in [0.25, 0.3) is 0 Å². The molecule has 1 aromatic rings. The van der Waals surface area contributed by atoms with Crippen LogP contribution in [0.5, 0.6) is 0 Å². The molecule has 1 rings (SSSR count). The van der Waals surface area contributed by atoms with Crippen LogP contribution in [0.2, 0.25) is 0 Å². The Morgan fingerprint density at radius 1 is 1.21 bits per heavy atom. The summed E-state index contributed by atoms with van der Waals surface area (Å²) >= 11 is 0. The van der Waals surface area contributed by atoms with E-state index in [1.165, 1.54) is 0 Å². The molecule has 0 aliphatic rings. The van der Waals surface area contributed by atoms with Crippen molar-refractivity contribution in [3.63, 3.8) is 0 Å². The van der Waals surface area contributed by atoms with Crippen LogP contribution in [-0.4, -0.2) is 48.0 Å². The van der Waals surface area contributed by atoms with Crippen molar-refractivity contribution in [1.29, 1.82) is 0 Å². The van der Waals surface area contributed by atoms with Gasteiger partial charge in [0.05, 0.1) is 6.54 Å². The number of nitrogens with one attached hydrogen (secondary N) is 2. The summed E-state index contributed by atoms with van der Waals surface area (Å²) < 4.78 is 0. The van der Waals surface area contributed by atoms with Crippen molar-refractivity contribution in [2.45, 2.75) is 26.7 Å². The van der Waals surface area contributed by atoms with Crippen molar-refractivity contribution in [3.05, 3.63) is 11.9 Å². The Labute approximate surface area is 114 Å². The molecular formula is C13H23N5O. The van der Waals surface area contributed by atoms with Gasteiger partial charge in [-0.15, -0.1) is 0 Å². The second-order valence-electron chi connectivity index (χ2n) is 4.48. The first kappa shape index (κ1) is 15.2. The highest BCUT2D eigenvalue weighted by atomic mass is 16.2. The monoisotopic (exact) mass is 265 g/mol. The lowest BCUT2D eigenvalue weighted by Gasteiger charge is -2.13. The van der Waals surface area contributed by atoms with Crippen LogP contribution in [0.1, 0.15) is 26.1 Å². The first-order valence-corrected chi connectivity index (χ1v) is 6.62. The number of hydrogen-bond donors (Lipinski definition) is 2. The van der Waals surface area contributed by atoms with Gasteiger partial charge in [-0.3, -0.25) is 4.79 Å². The maximum Gasteiger partial charge on any atom is 0.241 e. The summed E-state index contributed by atoms with van der Waals surface area (Å²) in [6.45, 7) is 5.15. The molecule has 6 nitrogen and oxygen atoms in total. The largest absolute Gasteiger partial charge is 0.370 e. The molecule has 0 aliphatic heterocycles. The highest BCUT2D eigenvalue weighted by Crippen LogP contribution is 2.12. The minimum absolute atomic E-state index is 0.0145. The molecule has 1 aromatic heterocycles. The van der Waals surface area contributed by atoms with E-state index in [4.69, 9.17) is 0 Å². The second-order valence-corrected chi connectivity index (χ2v) is 4.48. The molecule has 106 valence electrons. The van der Waals surface area contributed by atoms with E-state index in [2.05, 4.69) is 27.5 Å². The third-order valence-electron chi connectivity index (χ3n) is 2.52. The van der Waals surface area contributed by atoms with Gasteiger partial charge in [-0.05, 0) is 13.3 Å². The molecule has 2 N–H and O–H groups in total. The van der Waals surface area contributed by atoms with Crippen molar-refractivity contribution < 1.29 is 4.79 Å². The van der Waals surface area contributed by atoms with E-state index in [1.54, 1.807) is 19.0 Å². The Morgan fingerprint density at radius 3 is 2.37 bits per heavy atom. The molecule has 0 aliphatic carbocycles. The zero-order valence-corrected chi connectivity index (χ0v) is 12.2. The van der Waals surface area contributed by atoms with Crippen molar-refractivity contribution >= 4 is 17.5 Å². The van der Waals surface area contributed by atoms with Crippen molar-refractivity contribution in [2.75, 3.05) is 37.8 Å². The maximum atomic E-state index is 11.5. The summed E-state index contributed by atoms with van der Waals surface area (Å²) in [5.74, 6) is 2.28. The number of aromatic nitrogens is 2. The predicted molar refractivity (Wildman–Crippen MR) is 77.4 cm³/mol. The number of anilines is 2. The van der Waals surface area contributed by atoms with Crippen molar-refractivity contribution in [3.8, 4) is 0 Å². The SMILES string of the molecule is CCCc1nc(NCC)cc(NCC(=O)N(C)C)n1. The van der Waals surface area contributed by atoms with Gasteiger partial charge in [0.1, 0.15) is 17.5 Å². The van der Waals surface area contributed by atoms with Crippen LogP contribution in [0.3, 0.4) is 0 Å². The Balaban J connectivity index is 2.77. The number of rotatable bonds is 7. The van der Waals surface area contributed by atoms with E-state index in [-0.39, 0.29) is 12.5 Å². The summed E-state index contributed by atoms with van der Waals surface area (Å²) in [7, 11) is 3.47. The van der Waals surface area contributed by atoms with Crippen LogP contribution >= 0.6 is 0 Å². The number of likely N-dealkylation sites (N-methyl/N-ethyl adjacent to an activating group) is 1. The molecule has 0 unspecified atom stereocenters. The molecule has 0 atom stereocenters. The average molecular weight is 265 g/mol. The minimum atomic E-state index is 0.0145. The average Bonchev–Trinajstić information content (AvgIpc) is 2.36. The number of carbonyl (C=O) groups excluding carboxylic acids is 1. The second kappa shape index (κ2) is 7.56. The summed E-state index contributed by atoms with van der Waals surface area (Å²) in [6.07, 6.45) is 1.82. The van der Waals surface area contributed by atoms with Gasteiger partial charge >= 0.3 is 0 Å². The van der Waals surface area contributed by atoms with Crippen LogP contribution < -0.4 is 10.6 Å². The van der Waals surface area contributed by atoms with Gasteiger partial charge in [0.2, 0.25) is 5.91 Å². The van der Waals surface area contributed by atoms with Crippen LogP contribution in [-0.2, 0) is 11.2 Å². The van der Waals surface area contributed by atoms with Gasteiger partial charge in [0.15, 0.2) is 0 Å². The highest BCUT2D eigenvalue weighted by molar-refractivity contribution is 5.80. The van der Waals surface area contributed by atoms with E-state index in [9.17, 15) is 4.79 Å². The fraction of sp³-hybridized carbons (Fsp3) is 0.615. The molecule has 0 radical (unpaired) electrons. The van der Waals surface area contributed by atoms with Crippen LogP contribution in [0.15, 0.2) is 6.07 Å². The first-order valence-electron chi connectivity index (χ1n) is 6.62. The minimum Gasteiger partial charge on any atom is -0.370 e. The Hall–Kier alpha value is -1.85. The fourth-order valence-electron chi connectivity index (χ4n) is 1.52. The van der Waals surface area contributed by atoms with E-state index >= 15 is 0 Å². The summed E-state index contributed by atoms with van der Waals surface area (Å²) in [5, 5.41) is 6.21. The third kappa shape index (κ3) is 5.11. The number of aryl methyl sites for hydroxylation is 1.